The number of fused-ring (bicyclic) bond motifs is 2. The summed E-state index contributed by atoms with van der Waals surface area (Å²) in [5.41, 5.74) is 2.93. The van der Waals surface area contributed by atoms with Crippen LogP contribution in [0.15, 0.2) is 30.6 Å². The van der Waals surface area contributed by atoms with Crippen LogP contribution in [0.3, 0.4) is 0 Å². The summed E-state index contributed by atoms with van der Waals surface area (Å²) in [5, 5.41) is 4.64. The molecule has 1 aromatic carbocycles. The molecule has 2 aliphatic carbocycles. The van der Waals surface area contributed by atoms with Crippen molar-refractivity contribution in [3.63, 3.8) is 0 Å². The van der Waals surface area contributed by atoms with Crippen LogP contribution >= 0.6 is 0 Å². The highest BCUT2D eigenvalue weighted by atomic mass is 16.2. The fraction of sp³-hybridized carbons (Fsp3) is 0.440. The SMILES string of the molecule is CC1(C)C(=O)Cc2cc(Cc3nc4c(N5CC[C@]6(CC(=O)CC6=O)C5)nccn4n3)ccc21. The largest absolute Gasteiger partial charge is 0.352 e. The van der Waals surface area contributed by atoms with Gasteiger partial charge in [-0.05, 0) is 37.0 Å². The van der Waals surface area contributed by atoms with Gasteiger partial charge in [0.05, 0.1) is 11.8 Å². The summed E-state index contributed by atoms with van der Waals surface area (Å²) in [6.45, 7) is 5.14. The summed E-state index contributed by atoms with van der Waals surface area (Å²) in [5.74, 6) is 1.72. The number of benzene rings is 1. The fourth-order valence-corrected chi connectivity index (χ4v) is 5.72. The van der Waals surface area contributed by atoms with Gasteiger partial charge in [-0.15, -0.1) is 0 Å². The van der Waals surface area contributed by atoms with E-state index in [0.717, 1.165) is 16.7 Å². The Kier molecular flexibility index (Phi) is 4.16. The highest BCUT2D eigenvalue weighted by Crippen LogP contribution is 2.42. The Morgan fingerprint density at radius 3 is 2.73 bits per heavy atom. The number of nitrogens with zero attached hydrogens (tertiary/aromatic N) is 5. The van der Waals surface area contributed by atoms with Crippen molar-refractivity contribution in [3.05, 3.63) is 53.1 Å². The maximum Gasteiger partial charge on any atom is 0.198 e. The number of Topliss-reactive ketones (excluding diaryl/α,β-unsaturated/α-hetero) is 3. The highest BCUT2D eigenvalue weighted by Gasteiger charge is 2.50. The molecule has 8 nitrogen and oxygen atoms in total. The topological polar surface area (TPSA) is 97.5 Å². The number of ketones is 3. The number of carbonyl (C=O) groups excluding carboxylic acids is 3. The van der Waals surface area contributed by atoms with Gasteiger partial charge in [-0.25, -0.2) is 14.5 Å². The first-order chi connectivity index (χ1) is 15.7. The van der Waals surface area contributed by atoms with Crippen LogP contribution < -0.4 is 4.90 Å². The lowest BCUT2D eigenvalue weighted by Crippen LogP contribution is -2.31. The zero-order valence-electron chi connectivity index (χ0n) is 18.8. The highest BCUT2D eigenvalue weighted by molar-refractivity contribution is 6.10. The molecule has 0 unspecified atom stereocenters. The van der Waals surface area contributed by atoms with Crippen LogP contribution in [-0.4, -0.2) is 50.0 Å². The predicted molar refractivity (Wildman–Crippen MR) is 120 cm³/mol. The van der Waals surface area contributed by atoms with Crippen LogP contribution in [0.4, 0.5) is 5.82 Å². The van der Waals surface area contributed by atoms with E-state index in [9.17, 15) is 14.4 Å². The molecule has 0 bridgehead atoms. The Labute approximate surface area is 191 Å². The van der Waals surface area contributed by atoms with Gasteiger partial charge in [-0.3, -0.25) is 14.4 Å². The molecule has 1 saturated carbocycles. The lowest BCUT2D eigenvalue weighted by molar-refractivity contribution is -0.125. The molecule has 3 heterocycles. The molecule has 33 heavy (non-hydrogen) atoms. The van der Waals surface area contributed by atoms with Gasteiger partial charge in [0, 0.05) is 50.2 Å². The third-order valence-corrected chi connectivity index (χ3v) is 7.67. The first-order valence-electron chi connectivity index (χ1n) is 11.4. The maximum absolute atomic E-state index is 12.5. The molecule has 0 radical (unpaired) electrons. The minimum atomic E-state index is -0.565. The third kappa shape index (κ3) is 3.03. The van der Waals surface area contributed by atoms with Crippen molar-refractivity contribution >= 4 is 28.8 Å². The van der Waals surface area contributed by atoms with Crippen LogP contribution in [0.1, 0.15) is 55.6 Å². The standard InChI is InChI=1S/C25H25N5O3/c1-24(2)18-4-3-15(9-16(18)11-19(24)32)10-21-27-23-22(26-6-8-30(23)28-21)29-7-5-25(14-29)13-17(31)12-20(25)33/h3-4,6,8-9H,5,7,10-14H2,1-2H3/t25-/m0/s1. The van der Waals surface area contributed by atoms with Gasteiger partial charge in [0.2, 0.25) is 0 Å². The molecule has 1 atom stereocenters. The lowest BCUT2D eigenvalue weighted by Gasteiger charge is -2.22. The van der Waals surface area contributed by atoms with Crippen molar-refractivity contribution in [3.8, 4) is 0 Å². The minimum Gasteiger partial charge on any atom is -0.352 e. The van der Waals surface area contributed by atoms with Crippen molar-refractivity contribution in [1.82, 2.24) is 19.6 Å². The second-order valence-corrected chi connectivity index (χ2v) is 10.2. The van der Waals surface area contributed by atoms with Crippen molar-refractivity contribution in [2.75, 3.05) is 18.0 Å². The molecule has 3 aromatic rings. The minimum absolute atomic E-state index is 0.0391. The van der Waals surface area contributed by atoms with E-state index < -0.39 is 10.8 Å². The summed E-state index contributed by atoms with van der Waals surface area (Å²) in [6, 6.07) is 6.21. The van der Waals surface area contributed by atoms with E-state index in [1.54, 1.807) is 16.9 Å². The van der Waals surface area contributed by atoms with E-state index in [1.165, 1.54) is 0 Å². The number of hydrogen-bond acceptors (Lipinski definition) is 7. The van der Waals surface area contributed by atoms with E-state index in [-0.39, 0.29) is 23.8 Å². The first kappa shape index (κ1) is 20.2. The molecule has 3 aliphatic rings. The summed E-state index contributed by atoms with van der Waals surface area (Å²) in [6.07, 6.45) is 5.56. The van der Waals surface area contributed by atoms with Gasteiger partial charge in [-0.2, -0.15) is 5.10 Å². The smallest absolute Gasteiger partial charge is 0.198 e. The van der Waals surface area contributed by atoms with Crippen LogP contribution in [-0.2, 0) is 32.6 Å². The molecular formula is C25H25N5O3. The summed E-state index contributed by atoms with van der Waals surface area (Å²) in [7, 11) is 0. The van der Waals surface area contributed by atoms with Crippen LogP contribution in [0.5, 0.6) is 0 Å². The molecular weight excluding hydrogens is 418 g/mol. The monoisotopic (exact) mass is 443 g/mol. The molecule has 8 heteroatoms. The summed E-state index contributed by atoms with van der Waals surface area (Å²) < 4.78 is 1.73. The number of hydrogen-bond donors (Lipinski definition) is 0. The third-order valence-electron chi connectivity index (χ3n) is 7.67. The Morgan fingerprint density at radius 1 is 1.09 bits per heavy atom. The number of carbonyl (C=O) groups is 3. The second-order valence-electron chi connectivity index (χ2n) is 10.2. The number of anilines is 1. The first-order valence-corrected chi connectivity index (χ1v) is 11.4. The van der Waals surface area contributed by atoms with E-state index in [4.69, 9.17) is 4.98 Å². The van der Waals surface area contributed by atoms with Gasteiger partial charge in [0.15, 0.2) is 17.3 Å². The predicted octanol–water partition coefficient (Wildman–Crippen LogP) is 2.25. The molecule has 1 saturated heterocycles. The average Bonchev–Trinajstić information content (AvgIpc) is 3.48. The van der Waals surface area contributed by atoms with Crippen molar-refractivity contribution < 1.29 is 14.4 Å². The zero-order chi connectivity index (χ0) is 23.0. The molecule has 2 fully saturated rings. The quantitative estimate of drug-likeness (QED) is 0.573. The van der Waals surface area contributed by atoms with Gasteiger partial charge < -0.3 is 4.90 Å². The Morgan fingerprint density at radius 2 is 1.94 bits per heavy atom. The molecule has 0 N–H and O–H groups in total. The van der Waals surface area contributed by atoms with Crippen molar-refractivity contribution in [1.29, 1.82) is 0 Å². The second kappa shape index (κ2) is 6.79. The van der Waals surface area contributed by atoms with E-state index in [1.807, 2.05) is 13.8 Å². The molecule has 1 aliphatic heterocycles. The van der Waals surface area contributed by atoms with Crippen molar-refractivity contribution in [2.45, 2.75) is 51.4 Å². The van der Waals surface area contributed by atoms with E-state index in [0.29, 0.717) is 56.1 Å². The molecule has 0 amide bonds. The average molecular weight is 444 g/mol. The van der Waals surface area contributed by atoms with Gasteiger partial charge in [0.25, 0.3) is 0 Å². The van der Waals surface area contributed by atoms with Crippen molar-refractivity contribution in [2.24, 2.45) is 5.41 Å². The van der Waals surface area contributed by atoms with Gasteiger partial charge >= 0.3 is 0 Å². The fourth-order valence-electron chi connectivity index (χ4n) is 5.72. The normalized spacial score (nSPS) is 23.9. The Bertz CT molecular complexity index is 1360. The molecule has 2 aromatic heterocycles. The van der Waals surface area contributed by atoms with Gasteiger partial charge in [0.1, 0.15) is 17.3 Å². The Hall–Kier alpha value is -3.42. The number of rotatable bonds is 3. The Balaban J connectivity index is 1.28. The van der Waals surface area contributed by atoms with E-state index in [2.05, 4.69) is 33.2 Å². The van der Waals surface area contributed by atoms with E-state index >= 15 is 0 Å². The number of aromatic nitrogens is 4. The molecule has 168 valence electrons. The van der Waals surface area contributed by atoms with Crippen LogP contribution in [0.2, 0.25) is 0 Å². The summed E-state index contributed by atoms with van der Waals surface area (Å²) >= 11 is 0. The zero-order valence-corrected chi connectivity index (χ0v) is 18.8. The van der Waals surface area contributed by atoms with Crippen LogP contribution in [0.25, 0.3) is 5.65 Å². The molecule has 6 rings (SSSR count). The van der Waals surface area contributed by atoms with Gasteiger partial charge in [-0.1, -0.05) is 18.2 Å². The van der Waals surface area contributed by atoms with Crippen LogP contribution in [0, 0.1) is 5.41 Å². The lowest BCUT2D eigenvalue weighted by atomic mass is 9.84. The summed E-state index contributed by atoms with van der Waals surface area (Å²) in [4.78, 5) is 48.1. The molecule has 1 spiro atoms. The maximum atomic E-state index is 12.5.